The van der Waals surface area contributed by atoms with Gasteiger partial charge in [-0.2, -0.15) is 20.4 Å². The Hall–Kier alpha value is -3.45. The average Bonchev–Trinajstić information content (AvgIpc) is 3.31. The number of benzene rings is 2. The lowest BCUT2D eigenvalue weighted by atomic mass is 10.1. The van der Waals surface area contributed by atoms with Gasteiger partial charge < -0.3 is 4.98 Å². The summed E-state index contributed by atoms with van der Waals surface area (Å²) in [6.45, 7) is 1.98. The minimum Gasteiger partial charge on any atom is -0.306 e. The Morgan fingerprint density at radius 1 is 1.04 bits per heavy atom. The Morgan fingerprint density at radius 3 is 2.61 bits per heavy atom. The number of rotatable bonds is 3. The molecule has 2 aromatic carbocycles. The van der Waals surface area contributed by atoms with Crippen LogP contribution in [0.1, 0.15) is 16.7 Å². The van der Waals surface area contributed by atoms with Crippen LogP contribution in [0.4, 0.5) is 0 Å². The third kappa shape index (κ3) is 2.68. The summed E-state index contributed by atoms with van der Waals surface area (Å²) in [4.78, 5) is 28.2. The lowest BCUT2D eigenvalue weighted by Gasteiger charge is -2.03. The highest BCUT2D eigenvalue weighted by Gasteiger charge is 2.15. The van der Waals surface area contributed by atoms with E-state index in [0.29, 0.717) is 16.9 Å². The van der Waals surface area contributed by atoms with E-state index in [1.807, 2.05) is 49.4 Å². The number of fused-ring (bicyclic) bond motifs is 3. The summed E-state index contributed by atoms with van der Waals surface area (Å²) in [5.41, 5.74) is 4.08. The zero-order chi connectivity index (χ0) is 19.3. The van der Waals surface area contributed by atoms with E-state index < -0.39 is 11.4 Å². The lowest BCUT2D eigenvalue weighted by Crippen LogP contribution is -2.29. The number of aryl methyl sites for hydroxylation is 1. The van der Waals surface area contributed by atoms with Gasteiger partial charge in [0.1, 0.15) is 0 Å². The van der Waals surface area contributed by atoms with Crippen molar-refractivity contribution in [3.05, 3.63) is 96.9 Å². The molecule has 6 nitrogen and oxygen atoms in total. The van der Waals surface area contributed by atoms with Gasteiger partial charge in [-0.05, 0) is 65.6 Å². The topological polar surface area (TPSA) is 72.2 Å². The maximum absolute atomic E-state index is 12.9. The van der Waals surface area contributed by atoms with Gasteiger partial charge in [-0.3, -0.25) is 0 Å². The summed E-state index contributed by atoms with van der Waals surface area (Å²) in [7, 11) is 0. The Balaban J connectivity index is 1.75. The number of thiophene rings is 1. The van der Waals surface area contributed by atoms with Crippen molar-refractivity contribution in [1.82, 2.24) is 19.2 Å². The van der Waals surface area contributed by atoms with Crippen molar-refractivity contribution in [3.63, 3.8) is 0 Å². The molecule has 5 rings (SSSR count). The minimum atomic E-state index is -0.489. The molecule has 3 heterocycles. The van der Waals surface area contributed by atoms with Gasteiger partial charge in [0.2, 0.25) is 0 Å². The minimum absolute atomic E-state index is 0.358. The van der Waals surface area contributed by atoms with Crippen LogP contribution in [0.5, 0.6) is 0 Å². The van der Waals surface area contributed by atoms with Gasteiger partial charge in [0, 0.05) is 5.39 Å². The molecule has 0 spiro atoms. The van der Waals surface area contributed by atoms with Gasteiger partial charge in [-0.1, -0.05) is 23.8 Å². The van der Waals surface area contributed by atoms with Crippen LogP contribution in [0.15, 0.2) is 68.9 Å². The largest absolute Gasteiger partial charge is 0.359 e. The molecule has 0 bridgehead atoms. The van der Waals surface area contributed by atoms with Crippen LogP contribution in [-0.4, -0.2) is 19.2 Å². The van der Waals surface area contributed by atoms with Crippen molar-refractivity contribution in [2.75, 3.05) is 0 Å². The van der Waals surface area contributed by atoms with E-state index >= 15 is 0 Å². The maximum atomic E-state index is 12.9. The van der Waals surface area contributed by atoms with E-state index in [1.165, 1.54) is 10.2 Å². The Labute approximate surface area is 163 Å². The zero-order valence-electron chi connectivity index (χ0n) is 15.0. The first-order valence-electron chi connectivity index (χ1n) is 8.85. The fourth-order valence-corrected chi connectivity index (χ4v) is 4.04. The number of nitrogens with one attached hydrogen (secondary N) is 1. The molecule has 0 amide bonds. The first-order valence-corrected chi connectivity index (χ1v) is 9.79. The molecule has 0 unspecified atom stereocenters. The lowest BCUT2D eigenvalue weighted by molar-refractivity contribution is 0.827. The number of hydrogen-bond donors (Lipinski definition) is 1. The molecular weight excluding hydrogens is 372 g/mol. The number of nitrogens with zero attached hydrogens (tertiary/aromatic N) is 3. The van der Waals surface area contributed by atoms with Gasteiger partial charge in [0.05, 0.1) is 11.2 Å². The summed E-state index contributed by atoms with van der Waals surface area (Å²) in [5.74, 6) is 0. The second-order valence-corrected chi connectivity index (χ2v) is 7.59. The number of aromatic nitrogens is 4. The van der Waals surface area contributed by atoms with Gasteiger partial charge in [0.25, 0.3) is 0 Å². The molecule has 1 N–H and O–H groups in total. The van der Waals surface area contributed by atoms with Crippen molar-refractivity contribution in [3.8, 4) is 5.69 Å². The molecule has 0 fully saturated rings. The third-order valence-electron chi connectivity index (χ3n) is 4.82. The maximum Gasteiger partial charge on any atom is 0.359 e. The van der Waals surface area contributed by atoms with Gasteiger partial charge in [-0.25, -0.2) is 9.59 Å². The SMILES string of the molecule is Cc1ccc(-n2nc3c4cc(Cc5ccsc5)ccc4[nH]c(=O)n3c2=O)cc1. The van der Waals surface area contributed by atoms with E-state index in [2.05, 4.69) is 26.9 Å². The number of H-pyrrole nitrogens is 1. The van der Waals surface area contributed by atoms with Crippen molar-refractivity contribution in [2.24, 2.45) is 0 Å². The summed E-state index contributed by atoms with van der Waals surface area (Å²) in [6, 6.07) is 15.4. The molecule has 5 aromatic rings. The van der Waals surface area contributed by atoms with Gasteiger partial charge >= 0.3 is 11.4 Å². The van der Waals surface area contributed by atoms with E-state index in [9.17, 15) is 9.59 Å². The van der Waals surface area contributed by atoms with Crippen molar-refractivity contribution < 1.29 is 0 Å². The highest BCUT2D eigenvalue weighted by Crippen LogP contribution is 2.20. The monoisotopic (exact) mass is 388 g/mol. The fourth-order valence-electron chi connectivity index (χ4n) is 3.37. The molecule has 0 aliphatic carbocycles. The summed E-state index contributed by atoms with van der Waals surface area (Å²) >= 11 is 1.66. The third-order valence-corrected chi connectivity index (χ3v) is 5.55. The normalized spacial score (nSPS) is 11.5. The van der Waals surface area contributed by atoms with E-state index in [-0.39, 0.29) is 0 Å². The zero-order valence-corrected chi connectivity index (χ0v) is 15.9. The van der Waals surface area contributed by atoms with Crippen LogP contribution in [-0.2, 0) is 6.42 Å². The number of aromatic amines is 1. The summed E-state index contributed by atoms with van der Waals surface area (Å²) in [6.07, 6.45) is 0.785. The molecule has 0 atom stereocenters. The van der Waals surface area contributed by atoms with Crippen molar-refractivity contribution in [1.29, 1.82) is 0 Å². The molecule has 0 aliphatic heterocycles. The Bertz CT molecular complexity index is 1420. The van der Waals surface area contributed by atoms with Crippen LogP contribution >= 0.6 is 11.3 Å². The van der Waals surface area contributed by atoms with E-state index in [4.69, 9.17) is 0 Å². The molecule has 0 aliphatic rings. The molecule has 28 heavy (non-hydrogen) atoms. The standard InChI is InChI=1S/C21H16N4O2S/c1-13-2-5-16(6-3-13)25-21(27)24-19(23-25)17-11-14(10-15-8-9-28-12-15)4-7-18(17)22-20(24)26/h2-9,11-12H,10H2,1H3,(H,22,26). The average molecular weight is 388 g/mol. The van der Waals surface area contributed by atoms with Crippen LogP contribution in [0.2, 0.25) is 0 Å². The van der Waals surface area contributed by atoms with Crippen LogP contribution < -0.4 is 11.4 Å². The Morgan fingerprint density at radius 2 is 1.86 bits per heavy atom. The first-order chi connectivity index (χ1) is 13.6. The quantitative estimate of drug-likeness (QED) is 0.516. The first kappa shape index (κ1) is 16.7. The van der Waals surface area contributed by atoms with Crippen molar-refractivity contribution >= 4 is 27.9 Å². The van der Waals surface area contributed by atoms with Gasteiger partial charge in [-0.15, -0.1) is 5.10 Å². The van der Waals surface area contributed by atoms with Crippen LogP contribution in [0, 0.1) is 6.92 Å². The summed E-state index contributed by atoms with van der Waals surface area (Å²) in [5, 5.41) is 9.40. The molecule has 7 heteroatoms. The number of hydrogen-bond acceptors (Lipinski definition) is 4. The highest BCUT2D eigenvalue weighted by molar-refractivity contribution is 7.07. The molecule has 138 valence electrons. The Kier molecular flexibility index (Phi) is 3.77. The highest BCUT2D eigenvalue weighted by atomic mass is 32.1. The molecule has 3 aromatic heterocycles. The fraction of sp³-hybridized carbons (Fsp3) is 0.0952. The van der Waals surface area contributed by atoms with E-state index in [1.54, 1.807) is 11.3 Å². The van der Waals surface area contributed by atoms with Crippen molar-refractivity contribution in [2.45, 2.75) is 13.3 Å². The smallest absolute Gasteiger partial charge is 0.306 e. The predicted octanol–water partition coefficient (Wildman–Crippen LogP) is 3.29. The second-order valence-electron chi connectivity index (χ2n) is 6.81. The van der Waals surface area contributed by atoms with E-state index in [0.717, 1.165) is 27.3 Å². The molecule has 0 radical (unpaired) electrons. The van der Waals surface area contributed by atoms with Crippen LogP contribution in [0.25, 0.3) is 22.2 Å². The van der Waals surface area contributed by atoms with Crippen LogP contribution in [0.3, 0.4) is 0 Å². The second kappa shape index (κ2) is 6.31. The van der Waals surface area contributed by atoms with Gasteiger partial charge in [0.15, 0.2) is 5.65 Å². The summed E-state index contributed by atoms with van der Waals surface area (Å²) < 4.78 is 2.37. The predicted molar refractivity (Wildman–Crippen MR) is 111 cm³/mol. The molecular formula is C21H16N4O2S. The molecule has 0 saturated carbocycles. The molecule has 0 saturated heterocycles.